The second-order valence-electron chi connectivity index (χ2n) is 7.52. The van der Waals surface area contributed by atoms with Crippen molar-refractivity contribution >= 4 is 5.96 Å². The average molecular weight is 404 g/mol. The van der Waals surface area contributed by atoms with Gasteiger partial charge in [0.15, 0.2) is 23.3 Å². The van der Waals surface area contributed by atoms with E-state index in [1.54, 1.807) is 7.05 Å². The van der Waals surface area contributed by atoms with Crippen LogP contribution in [0.2, 0.25) is 0 Å². The number of nitrogens with zero attached hydrogens (tertiary/aromatic N) is 3. The zero-order valence-corrected chi connectivity index (χ0v) is 18.3. The number of ether oxygens (including phenoxy) is 2. The zero-order chi connectivity index (χ0) is 21.3. The Balaban J connectivity index is 1.85. The van der Waals surface area contributed by atoms with E-state index in [2.05, 4.69) is 31.8 Å². The lowest BCUT2D eigenvalue weighted by molar-refractivity contribution is 0.287. The van der Waals surface area contributed by atoms with Crippen LogP contribution in [0.3, 0.4) is 0 Å². The fourth-order valence-electron chi connectivity index (χ4n) is 2.59. The molecule has 1 aromatic heterocycles. The molecule has 1 heterocycles. The van der Waals surface area contributed by atoms with Crippen molar-refractivity contribution in [2.75, 3.05) is 26.8 Å². The lowest BCUT2D eigenvalue weighted by Crippen LogP contribution is -2.38. The van der Waals surface area contributed by atoms with Crippen LogP contribution in [0.15, 0.2) is 27.7 Å². The van der Waals surface area contributed by atoms with E-state index in [9.17, 15) is 0 Å². The van der Waals surface area contributed by atoms with Crippen LogP contribution in [-0.4, -0.2) is 42.9 Å². The molecule has 0 bridgehead atoms. The van der Waals surface area contributed by atoms with Crippen molar-refractivity contribution in [1.29, 1.82) is 0 Å². The molecule has 29 heavy (non-hydrogen) atoms. The van der Waals surface area contributed by atoms with E-state index >= 15 is 0 Å². The van der Waals surface area contributed by atoms with Gasteiger partial charge in [-0.1, -0.05) is 32.0 Å². The fourth-order valence-corrected chi connectivity index (χ4v) is 2.59. The minimum Gasteiger partial charge on any atom is -0.490 e. The summed E-state index contributed by atoms with van der Waals surface area (Å²) in [4.78, 5) is 8.66. The first-order valence-electron chi connectivity index (χ1n) is 10.0. The molecule has 0 saturated carbocycles. The number of aromatic nitrogens is 2. The smallest absolute Gasteiger partial charge is 0.232 e. The van der Waals surface area contributed by atoms with Crippen LogP contribution in [0, 0.1) is 0 Å². The van der Waals surface area contributed by atoms with Gasteiger partial charge in [-0.05, 0) is 38.0 Å². The van der Waals surface area contributed by atoms with Gasteiger partial charge in [-0.25, -0.2) is 0 Å². The highest BCUT2D eigenvalue weighted by Gasteiger charge is 2.21. The average Bonchev–Trinajstić information content (AvgIpc) is 3.16. The van der Waals surface area contributed by atoms with Crippen molar-refractivity contribution in [2.24, 2.45) is 4.99 Å². The maximum atomic E-state index is 5.69. The lowest BCUT2D eigenvalue weighted by atomic mass is 9.97. The Morgan fingerprint density at radius 2 is 1.83 bits per heavy atom. The first kappa shape index (κ1) is 22.5. The third-order valence-electron chi connectivity index (χ3n) is 4.06. The molecule has 160 valence electrons. The maximum absolute atomic E-state index is 5.69. The molecule has 0 saturated heterocycles. The van der Waals surface area contributed by atoms with Gasteiger partial charge >= 0.3 is 0 Å². The Labute approximate surface area is 173 Å². The van der Waals surface area contributed by atoms with E-state index in [-0.39, 0.29) is 5.41 Å². The minimum absolute atomic E-state index is 0.163. The minimum atomic E-state index is -0.163. The molecule has 0 radical (unpaired) electrons. The molecule has 0 unspecified atom stereocenters. The summed E-state index contributed by atoms with van der Waals surface area (Å²) in [5.41, 5.74) is 0.997. The Hall–Kier alpha value is -2.77. The number of hydrogen-bond donors (Lipinski definition) is 2. The monoisotopic (exact) mass is 403 g/mol. The Morgan fingerprint density at radius 1 is 1.10 bits per heavy atom. The van der Waals surface area contributed by atoms with Gasteiger partial charge in [-0.15, -0.1) is 0 Å². The van der Waals surface area contributed by atoms with E-state index in [0.717, 1.165) is 30.0 Å². The van der Waals surface area contributed by atoms with Crippen LogP contribution in [0.5, 0.6) is 11.5 Å². The highest BCUT2D eigenvalue weighted by atomic mass is 16.5. The summed E-state index contributed by atoms with van der Waals surface area (Å²) in [6.07, 6.45) is 0.823. The van der Waals surface area contributed by atoms with E-state index in [0.29, 0.717) is 37.4 Å². The summed E-state index contributed by atoms with van der Waals surface area (Å²) in [5, 5.41) is 10.5. The third-order valence-corrected chi connectivity index (χ3v) is 4.06. The molecular formula is C21H33N5O3. The number of rotatable bonds is 9. The van der Waals surface area contributed by atoms with E-state index in [1.807, 2.05) is 46.8 Å². The van der Waals surface area contributed by atoms with E-state index in [1.165, 1.54) is 0 Å². The van der Waals surface area contributed by atoms with Gasteiger partial charge < -0.3 is 24.6 Å². The number of benzene rings is 1. The molecule has 0 fully saturated rings. The Morgan fingerprint density at radius 3 is 2.45 bits per heavy atom. The highest BCUT2D eigenvalue weighted by Crippen LogP contribution is 2.28. The summed E-state index contributed by atoms with van der Waals surface area (Å²) in [6.45, 7) is 12.4. The topological polar surface area (TPSA) is 93.8 Å². The van der Waals surface area contributed by atoms with Crippen LogP contribution < -0.4 is 20.1 Å². The van der Waals surface area contributed by atoms with Gasteiger partial charge in [0.1, 0.15) is 0 Å². The first-order valence-corrected chi connectivity index (χ1v) is 10.0. The molecule has 0 spiro atoms. The van der Waals surface area contributed by atoms with Crippen LogP contribution in [0.1, 0.15) is 51.9 Å². The largest absolute Gasteiger partial charge is 0.490 e. The second-order valence-corrected chi connectivity index (χ2v) is 7.52. The highest BCUT2D eigenvalue weighted by molar-refractivity contribution is 5.79. The van der Waals surface area contributed by atoms with Gasteiger partial charge in [-0.3, -0.25) is 4.99 Å². The van der Waals surface area contributed by atoms with Gasteiger partial charge in [-0.2, -0.15) is 4.98 Å². The lowest BCUT2D eigenvalue weighted by Gasteiger charge is -2.13. The van der Waals surface area contributed by atoms with Gasteiger partial charge in [0.25, 0.3) is 0 Å². The van der Waals surface area contributed by atoms with Crippen molar-refractivity contribution in [3.05, 3.63) is 35.5 Å². The molecule has 8 nitrogen and oxygen atoms in total. The number of nitrogens with one attached hydrogen (secondary N) is 2. The van der Waals surface area contributed by atoms with E-state index < -0.39 is 0 Å². The number of guanidine groups is 1. The van der Waals surface area contributed by atoms with Crippen LogP contribution in [-0.2, 0) is 18.4 Å². The summed E-state index contributed by atoms with van der Waals surface area (Å²) in [5.74, 6) is 3.46. The summed E-state index contributed by atoms with van der Waals surface area (Å²) in [7, 11) is 1.73. The fraction of sp³-hybridized carbons (Fsp3) is 0.571. The van der Waals surface area contributed by atoms with Gasteiger partial charge in [0.2, 0.25) is 5.89 Å². The molecule has 1 aromatic carbocycles. The van der Waals surface area contributed by atoms with Crippen molar-refractivity contribution in [1.82, 2.24) is 20.8 Å². The summed E-state index contributed by atoms with van der Waals surface area (Å²) >= 11 is 0. The van der Waals surface area contributed by atoms with Gasteiger partial charge in [0, 0.05) is 19.0 Å². The quantitative estimate of drug-likeness (QED) is 0.491. The molecule has 2 aromatic rings. The summed E-state index contributed by atoms with van der Waals surface area (Å²) in [6, 6.07) is 6.04. The van der Waals surface area contributed by atoms with Crippen molar-refractivity contribution in [3.63, 3.8) is 0 Å². The SMILES string of the molecule is CCOc1ccc(CCNC(=NC)NCc2noc(C(C)(C)C)n2)cc1OCC. The second kappa shape index (κ2) is 10.7. The molecule has 0 atom stereocenters. The third kappa shape index (κ3) is 6.96. The maximum Gasteiger partial charge on any atom is 0.232 e. The molecule has 0 aliphatic heterocycles. The number of aliphatic imine (C=N–C) groups is 1. The van der Waals surface area contributed by atoms with E-state index in [4.69, 9.17) is 14.0 Å². The molecule has 0 amide bonds. The zero-order valence-electron chi connectivity index (χ0n) is 18.3. The van der Waals surface area contributed by atoms with Crippen molar-refractivity contribution in [3.8, 4) is 11.5 Å². The number of hydrogen-bond acceptors (Lipinski definition) is 6. The first-order chi connectivity index (χ1) is 13.9. The normalized spacial score (nSPS) is 12.0. The van der Waals surface area contributed by atoms with Crippen LogP contribution >= 0.6 is 0 Å². The Kier molecular flexibility index (Phi) is 8.30. The van der Waals surface area contributed by atoms with Crippen LogP contribution in [0.4, 0.5) is 0 Å². The molecule has 0 aliphatic carbocycles. The van der Waals surface area contributed by atoms with Gasteiger partial charge in [0.05, 0.1) is 19.8 Å². The molecule has 2 N–H and O–H groups in total. The van der Waals surface area contributed by atoms with Crippen molar-refractivity contribution in [2.45, 2.75) is 53.0 Å². The predicted octanol–water partition coefficient (Wildman–Crippen LogP) is 3.07. The molecule has 2 rings (SSSR count). The Bertz CT molecular complexity index is 796. The molecular weight excluding hydrogens is 370 g/mol. The molecule has 0 aliphatic rings. The molecule has 8 heteroatoms. The predicted molar refractivity (Wildman–Crippen MR) is 114 cm³/mol. The van der Waals surface area contributed by atoms with Crippen LogP contribution in [0.25, 0.3) is 0 Å². The summed E-state index contributed by atoms with van der Waals surface area (Å²) < 4.78 is 16.6. The van der Waals surface area contributed by atoms with Crippen molar-refractivity contribution < 1.29 is 14.0 Å². The standard InChI is InChI=1S/C21H33N5O3/c1-7-27-16-10-9-15(13-17(16)28-8-2)11-12-23-20(22-6)24-14-18-25-19(29-26-18)21(3,4)5/h9-10,13H,7-8,11-12,14H2,1-6H3,(H2,22,23,24).